The van der Waals surface area contributed by atoms with Crippen molar-refractivity contribution in [2.75, 3.05) is 13.7 Å². The minimum atomic E-state index is -4.23. The highest BCUT2D eigenvalue weighted by Gasteiger charge is 2.41. The fourth-order valence-corrected chi connectivity index (χ4v) is 2.13. The van der Waals surface area contributed by atoms with Gasteiger partial charge in [0.25, 0.3) is 0 Å². The molecule has 0 saturated heterocycles. The SMILES string of the molecule is COC(=O)C1(N)CCCC(OCCC(F)(F)F)C1. The monoisotopic (exact) mass is 269 g/mol. The van der Waals surface area contributed by atoms with Crippen LogP contribution in [0.25, 0.3) is 0 Å². The van der Waals surface area contributed by atoms with Gasteiger partial charge in [0.1, 0.15) is 5.54 Å². The molecule has 0 aliphatic heterocycles. The second-order valence-corrected chi connectivity index (χ2v) is 4.60. The van der Waals surface area contributed by atoms with E-state index in [9.17, 15) is 18.0 Å². The Kier molecular flexibility index (Phi) is 4.98. The van der Waals surface area contributed by atoms with Gasteiger partial charge in [0.15, 0.2) is 0 Å². The average molecular weight is 269 g/mol. The highest BCUT2D eigenvalue weighted by molar-refractivity contribution is 5.80. The molecule has 1 saturated carbocycles. The van der Waals surface area contributed by atoms with Crippen LogP contribution in [-0.2, 0) is 14.3 Å². The summed E-state index contributed by atoms with van der Waals surface area (Å²) in [6.45, 7) is -0.397. The zero-order chi connectivity index (χ0) is 13.8. The lowest BCUT2D eigenvalue weighted by Crippen LogP contribution is -2.53. The van der Waals surface area contributed by atoms with Crippen LogP contribution in [0.5, 0.6) is 0 Å². The van der Waals surface area contributed by atoms with Gasteiger partial charge >= 0.3 is 12.1 Å². The summed E-state index contributed by atoms with van der Waals surface area (Å²) in [5, 5.41) is 0. The molecule has 0 aromatic heterocycles. The molecule has 0 radical (unpaired) electrons. The van der Waals surface area contributed by atoms with E-state index in [0.717, 1.165) is 0 Å². The van der Waals surface area contributed by atoms with Gasteiger partial charge in [-0.05, 0) is 19.3 Å². The molecule has 0 aromatic rings. The number of alkyl halides is 3. The van der Waals surface area contributed by atoms with Crippen LogP contribution >= 0.6 is 0 Å². The number of ether oxygens (including phenoxy) is 2. The Morgan fingerprint density at radius 2 is 2.17 bits per heavy atom. The van der Waals surface area contributed by atoms with E-state index in [1.165, 1.54) is 7.11 Å². The maximum Gasteiger partial charge on any atom is 0.391 e. The number of hydrogen-bond donors (Lipinski definition) is 1. The lowest BCUT2D eigenvalue weighted by Gasteiger charge is -2.35. The molecular weight excluding hydrogens is 251 g/mol. The summed E-state index contributed by atoms with van der Waals surface area (Å²) in [4.78, 5) is 11.5. The van der Waals surface area contributed by atoms with Gasteiger partial charge in [-0.15, -0.1) is 0 Å². The molecular formula is C11H18F3NO3. The summed E-state index contributed by atoms with van der Waals surface area (Å²) in [7, 11) is 1.24. The number of halogens is 3. The summed E-state index contributed by atoms with van der Waals surface area (Å²) in [5.41, 5.74) is 4.76. The summed E-state index contributed by atoms with van der Waals surface area (Å²) >= 11 is 0. The van der Waals surface area contributed by atoms with Crippen LogP contribution < -0.4 is 5.73 Å². The van der Waals surface area contributed by atoms with Crippen molar-refractivity contribution in [1.82, 2.24) is 0 Å². The van der Waals surface area contributed by atoms with Gasteiger partial charge in [-0.2, -0.15) is 13.2 Å². The van der Waals surface area contributed by atoms with E-state index in [4.69, 9.17) is 10.5 Å². The third-order valence-corrected chi connectivity index (χ3v) is 3.07. The maximum absolute atomic E-state index is 12.0. The van der Waals surface area contributed by atoms with Crippen LogP contribution in [0.2, 0.25) is 0 Å². The lowest BCUT2D eigenvalue weighted by atomic mass is 9.81. The molecule has 7 heteroatoms. The smallest absolute Gasteiger partial charge is 0.391 e. The first kappa shape index (κ1) is 15.2. The Bertz CT molecular complexity index is 296. The molecule has 0 heterocycles. The highest BCUT2D eigenvalue weighted by atomic mass is 19.4. The lowest BCUT2D eigenvalue weighted by molar-refractivity contribution is -0.157. The van der Waals surface area contributed by atoms with Crippen molar-refractivity contribution in [3.05, 3.63) is 0 Å². The van der Waals surface area contributed by atoms with Crippen molar-refractivity contribution in [3.8, 4) is 0 Å². The van der Waals surface area contributed by atoms with E-state index in [1.807, 2.05) is 0 Å². The van der Waals surface area contributed by atoms with Gasteiger partial charge in [-0.1, -0.05) is 0 Å². The molecule has 1 aliphatic rings. The van der Waals surface area contributed by atoms with Crippen LogP contribution in [0, 0.1) is 0 Å². The first-order valence-electron chi connectivity index (χ1n) is 5.82. The molecule has 4 nitrogen and oxygen atoms in total. The Morgan fingerprint density at radius 3 is 2.72 bits per heavy atom. The van der Waals surface area contributed by atoms with E-state index in [2.05, 4.69) is 4.74 Å². The largest absolute Gasteiger partial charge is 0.468 e. The summed E-state index contributed by atoms with van der Waals surface area (Å²) in [6, 6.07) is 0. The fraction of sp³-hybridized carbons (Fsp3) is 0.909. The molecule has 1 aliphatic carbocycles. The number of methoxy groups -OCH3 is 1. The number of esters is 1. The van der Waals surface area contributed by atoms with Gasteiger partial charge in [0.2, 0.25) is 0 Å². The van der Waals surface area contributed by atoms with Crippen LogP contribution in [-0.4, -0.2) is 37.5 Å². The molecule has 18 heavy (non-hydrogen) atoms. The molecule has 1 rings (SSSR count). The second kappa shape index (κ2) is 5.88. The number of carbonyl (C=O) groups excluding carboxylic acids is 1. The first-order chi connectivity index (χ1) is 8.27. The molecule has 0 bridgehead atoms. The molecule has 0 amide bonds. The molecule has 2 N–H and O–H groups in total. The van der Waals surface area contributed by atoms with Crippen LogP contribution in [0.1, 0.15) is 32.1 Å². The molecule has 106 valence electrons. The Balaban J connectivity index is 2.42. The summed E-state index contributed by atoms with van der Waals surface area (Å²) in [6.07, 6.45) is -3.69. The van der Waals surface area contributed by atoms with Gasteiger partial charge in [-0.25, -0.2) is 0 Å². The zero-order valence-electron chi connectivity index (χ0n) is 10.3. The molecule has 2 unspecified atom stereocenters. The van der Waals surface area contributed by atoms with Gasteiger partial charge in [-0.3, -0.25) is 4.79 Å². The normalized spacial score (nSPS) is 29.1. The molecule has 2 atom stereocenters. The highest BCUT2D eigenvalue weighted by Crippen LogP contribution is 2.30. The Hall–Kier alpha value is -0.820. The first-order valence-corrected chi connectivity index (χ1v) is 5.82. The number of carbonyl (C=O) groups is 1. The van der Waals surface area contributed by atoms with E-state index in [-0.39, 0.29) is 6.42 Å². The van der Waals surface area contributed by atoms with Crippen molar-refractivity contribution in [1.29, 1.82) is 0 Å². The zero-order valence-corrected chi connectivity index (χ0v) is 10.3. The number of rotatable bonds is 4. The maximum atomic E-state index is 12.0. The third kappa shape index (κ3) is 4.45. The molecule has 0 aromatic carbocycles. The van der Waals surface area contributed by atoms with Gasteiger partial charge in [0, 0.05) is 6.42 Å². The van der Waals surface area contributed by atoms with Crippen molar-refractivity contribution in [3.63, 3.8) is 0 Å². The van der Waals surface area contributed by atoms with Crippen LogP contribution in [0.15, 0.2) is 0 Å². The topological polar surface area (TPSA) is 61.5 Å². The standard InChI is InChI=1S/C11H18F3NO3/c1-17-9(16)10(15)4-2-3-8(7-10)18-6-5-11(12,13)14/h8H,2-7,15H2,1H3. The third-order valence-electron chi connectivity index (χ3n) is 3.07. The van der Waals surface area contributed by atoms with Crippen molar-refractivity contribution in [2.45, 2.75) is 49.9 Å². The summed E-state index contributed by atoms with van der Waals surface area (Å²) in [5.74, 6) is -0.536. The minimum Gasteiger partial charge on any atom is -0.468 e. The molecule has 1 fully saturated rings. The van der Waals surface area contributed by atoms with Crippen molar-refractivity contribution < 1.29 is 27.4 Å². The Morgan fingerprint density at radius 1 is 1.50 bits per heavy atom. The quantitative estimate of drug-likeness (QED) is 0.790. The van der Waals surface area contributed by atoms with Crippen LogP contribution in [0.3, 0.4) is 0 Å². The predicted molar refractivity (Wildman–Crippen MR) is 57.8 cm³/mol. The van der Waals surface area contributed by atoms with Gasteiger partial charge < -0.3 is 15.2 Å². The fourth-order valence-electron chi connectivity index (χ4n) is 2.13. The second-order valence-electron chi connectivity index (χ2n) is 4.60. The van der Waals surface area contributed by atoms with Crippen molar-refractivity contribution in [2.24, 2.45) is 5.73 Å². The Labute approximate surface area is 104 Å². The number of hydrogen-bond acceptors (Lipinski definition) is 4. The van der Waals surface area contributed by atoms with E-state index >= 15 is 0 Å². The van der Waals surface area contributed by atoms with Crippen molar-refractivity contribution >= 4 is 5.97 Å². The average Bonchev–Trinajstić information content (AvgIpc) is 2.26. The molecule has 0 spiro atoms. The van der Waals surface area contributed by atoms with E-state index in [0.29, 0.717) is 19.3 Å². The van der Waals surface area contributed by atoms with E-state index < -0.39 is 36.8 Å². The minimum absolute atomic E-state index is 0.206. The summed E-state index contributed by atoms with van der Waals surface area (Å²) < 4.78 is 45.6. The van der Waals surface area contributed by atoms with Crippen LogP contribution in [0.4, 0.5) is 13.2 Å². The number of nitrogens with two attached hydrogens (primary N) is 1. The predicted octanol–water partition coefficient (Wildman–Crippen LogP) is 1.77. The van der Waals surface area contributed by atoms with E-state index in [1.54, 1.807) is 0 Å². The van der Waals surface area contributed by atoms with Gasteiger partial charge in [0.05, 0.1) is 26.2 Å².